The summed E-state index contributed by atoms with van der Waals surface area (Å²) in [5, 5.41) is 5.28. The lowest BCUT2D eigenvalue weighted by Gasteiger charge is -2.45. The van der Waals surface area contributed by atoms with E-state index in [1.54, 1.807) is 37.5 Å². The van der Waals surface area contributed by atoms with Gasteiger partial charge < -0.3 is 20.3 Å². The van der Waals surface area contributed by atoms with E-state index in [9.17, 15) is 14.4 Å². The second-order valence-electron chi connectivity index (χ2n) is 9.56. The molecule has 1 unspecified atom stereocenters. The fraction of sp³-hybridized carbons (Fsp3) is 0.346. The number of hydrogen-bond acceptors (Lipinski definition) is 5. The third-order valence-corrected chi connectivity index (χ3v) is 7.21. The minimum Gasteiger partial charge on any atom is -0.496 e. The first-order valence-corrected chi connectivity index (χ1v) is 12.1. The highest BCUT2D eigenvalue weighted by molar-refractivity contribution is 9.10. The Morgan fingerprint density at radius 3 is 2.60 bits per heavy atom. The van der Waals surface area contributed by atoms with Gasteiger partial charge in [0, 0.05) is 40.1 Å². The SMILES string of the molecule is COc1cc2c(cc1/C=C1/NC(=O)N(CC(=O)Nc3ccc(Br)cc3)C1=O)C(C)CC(C)(C)N2C. The monoisotopic (exact) mass is 540 g/mol. The summed E-state index contributed by atoms with van der Waals surface area (Å²) in [6.45, 7) is 6.22. The molecule has 0 aliphatic carbocycles. The van der Waals surface area contributed by atoms with Crippen LogP contribution in [0.3, 0.4) is 0 Å². The summed E-state index contributed by atoms with van der Waals surface area (Å²) in [7, 11) is 3.65. The Labute approximate surface area is 213 Å². The van der Waals surface area contributed by atoms with Crippen LogP contribution in [-0.2, 0) is 9.59 Å². The largest absolute Gasteiger partial charge is 0.496 e. The van der Waals surface area contributed by atoms with Crippen molar-refractivity contribution in [1.29, 1.82) is 0 Å². The number of rotatable bonds is 5. The van der Waals surface area contributed by atoms with Crippen LogP contribution in [0.25, 0.3) is 6.08 Å². The number of carbonyl (C=O) groups is 3. The van der Waals surface area contributed by atoms with E-state index in [1.807, 2.05) is 12.1 Å². The van der Waals surface area contributed by atoms with Crippen LogP contribution in [0, 0.1) is 0 Å². The minimum atomic E-state index is -0.640. The summed E-state index contributed by atoms with van der Waals surface area (Å²) in [4.78, 5) is 41.1. The molecule has 2 aromatic carbocycles. The first kappa shape index (κ1) is 24.8. The third-order valence-electron chi connectivity index (χ3n) is 6.68. The van der Waals surface area contributed by atoms with Gasteiger partial charge in [0.1, 0.15) is 18.0 Å². The highest BCUT2D eigenvalue weighted by Crippen LogP contribution is 2.45. The summed E-state index contributed by atoms with van der Waals surface area (Å²) >= 11 is 3.34. The normalized spacial score (nSPS) is 20.1. The molecule has 1 fully saturated rings. The van der Waals surface area contributed by atoms with Gasteiger partial charge in [0.25, 0.3) is 5.91 Å². The van der Waals surface area contributed by atoms with Crippen LogP contribution in [-0.4, -0.2) is 49.0 Å². The van der Waals surface area contributed by atoms with E-state index in [-0.39, 0.29) is 11.2 Å². The maximum atomic E-state index is 13.0. The Hall–Kier alpha value is -3.33. The van der Waals surface area contributed by atoms with Crippen LogP contribution >= 0.6 is 15.9 Å². The van der Waals surface area contributed by atoms with E-state index in [1.165, 1.54) is 0 Å². The molecule has 0 saturated carbocycles. The van der Waals surface area contributed by atoms with Crippen LogP contribution in [0.2, 0.25) is 0 Å². The lowest BCUT2D eigenvalue weighted by molar-refractivity contribution is -0.127. The summed E-state index contributed by atoms with van der Waals surface area (Å²) in [5.74, 6) is -0.122. The van der Waals surface area contributed by atoms with Gasteiger partial charge in [0.15, 0.2) is 0 Å². The number of fused-ring (bicyclic) bond motifs is 1. The fourth-order valence-corrected chi connectivity index (χ4v) is 4.91. The summed E-state index contributed by atoms with van der Waals surface area (Å²) in [6.07, 6.45) is 2.59. The molecule has 2 aliphatic rings. The number of hydrogen-bond donors (Lipinski definition) is 2. The number of methoxy groups -OCH3 is 1. The second kappa shape index (κ2) is 9.37. The van der Waals surface area contributed by atoms with Gasteiger partial charge in [-0.2, -0.15) is 0 Å². The van der Waals surface area contributed by atoms with E-state index in [4.69, 9.17) is 4.74 Å². The molecule has 2 aliphatic heterocycles. The molecular weight excluding hydrogens is 512 g/mol. The standard InChI is InChI=1S/C26H29BrN4O4/c1-15-13-26(2,3)30(4)21-12-22(35-5)16(10-19(15)21)11-20-24(33)31(25(34)29-20)14-23(32)28-18-8-6-17(27)7-9-18/h6-12,15H,13-14H2,1-5H3,(H,28,32)(H,29,34)/b20-11+. The van der Waals surface area contributed by atoms with Gasteiger partial charge in [0.05, 0.1) is 7.11 Å². The number of urea groups is 1. The van der Waals surface area contributed by atoms with Gasteiger partial charge in [0.2, 0.25) is 5.91 Å². The van der Waals surface area contributed by atoms with E-state index in [0.717, 1.165) is 27.0 Å². The van der Waals surface area contributed by atoms with Crippen molar-refractivity contribution < 1.29 is 19.1 Å². The number of imide groups is 1. The quantitative estimate of drug-likeness (QED) is 0.423. The molecule has 2 aromatic rings. The van der Waals surface area contributed by atoms with Crippen molar-refractivity contribution in [2.75, 3.05) is 30.9 Å². The molecule has 1 saturated heterocycles. The van der Waals surface area contributed by atoms with Crippen molar-refractivity contribution in [2.24, 2.45) is 0 Å². The molecule has 0 aromatic heterocycles. The predicted molar refractivity (Wildman–Crippen MR) is 140 cm³/mol. The number of ether oxygens (including phenoxy) is 1. The number of nitrogens with zero attached hydrogens (tertiary/aromatic N) is 2. The number of amides is 4. The zero-order valence-electron chi connectivity index (χ0n) is 20.4. The fourth-order valence-electron chi connectivity index (χ4n) is 4.65. The minimum absolute atomic E-state index is 0.00409. The van der Waals surface area contributed by atoms with Crippen molar-refractivity contribution in [2.45, 2.75) is 38.6 Å². The molecular formula is C26H29BrN4O4. The molecule has 35 heavy (non-hydrogen) atoms. The van der Waals surface area contributed by atoms with Crippen molar-refractivity contribution in [3.05, 3.63) is 57.7 Å². The van der Waals surface area contributed by atoms with Gasteiger partial charge in [-0.25, -0.2) is 9.69 Å². The number of halogens is 1. The Balaban J connectivity index is 1.57. The molecule has 8 nitrogen and oxygen atoms in total. The van der Waals surface area contributed by atoms with Crippen molar-refractivity contribution in [3.63, 3.8) is 0 Å². The van der Waals surface area contributed by atoms with Crippen LogP contribution < -0.4 is 20.3 Å². The third kappa shape index (κ3) is 4.91. The topological polar surface area (TPSA) is 91.0 Å². The summed E-state index contributed by atoms with van der Waals surface area (Å²) < 4.78 is 6.50. The Morgan fingerprint density at radius 1 is 1.26 bits per heavy atom. The summed E-state index contributed by atoms with van der Waals surface area (Å²) in [5.41, 5.74) is 3.60. The average molecular weight is 541 g/mol. The van der Waals surface area contributed by atoms with Crippen LogP contribution in [0.1, 0.15) is 44.2 Å². The van der Waals surface area contributed by atoms with Gasteiger partial charge >= 0.3 is 6.03 Å². The second-order valence-corrected chi connectivity index (χ2v) is 10.5. The van der Waals surface area contributed by atoms with E-state index >= 15 is 0 Å². The lowest BCUT2D eigenvalue weighted by atomic mass is 9.80. The molecule has 9 heteroatoms. The zero-order chi connectivity index (χ0) is 25.5. The zero-order valence-corrected chi connectivity index (χ0v) is 22.0. The van der Waals surface area contributed by atoms with Crippen LogP contribution in [0.5, 0.6) is 5.75 Å². The number of benzene rings is 2. The predicted octanol–water partition coefficient (Wildman–Crippen LogP) is 4.71. The molecule has 4 amide bonds. The lowest BCUT2D eigenvalue weighted by Crippen LogP contribution is -2.45. The molecule has 1 atom stereocenters. The Kier molecular flexibility index (Phi) is 6.64. The molecule has 184 valence electrons. The first-order chi connectivity index (χ1) is 16.5. The molecule has 2 N–H and O–H groups in total. The number of carbonyl (C=O) groups excluding carboxylic acids is 3. The van der Waals surface area contributed by atoms with E-state index in [2.05, 4.69) is 59.3 Å². The smallest absolute Gasteiger partial charge is 0.329 e. The first-order valence-electron chi connectivity index (χ1n) is 11.4. The molecule has 4 rings (SSSR count). The van der Waals surface area contributed by atoms with Crippen LogP contribution in [0.15, 0.2) is 46.6 Å². The van der Waals surface area contributed by atoms with Crippen molar-refractivity contribution in [3.8, 4) is 5.75 Å². The van der Waals surface area contributed by atoms with Gasteiger partial charge in [-0.15, -0.1) is 0 Å². The highest BCUT2D eigenvalue weighted by atomic mass is 79.9. The Bertz CT molecular complexity index is 1220. The maximum Gasteiger partial charge on any atom is 0.329 e. The average Bonchev–Trinajstić information content (AvgIpc) is 3.06. The van der Waals surface area contributed by atoms with Gasteiger partial charge in [-0.1, -0.05) is 22.9 Å². The number of nitrogens with one attached hydrogen (secondary N) is 2. The highest BCUT2D eigenvalue weighted by Gasteiger charge is 2.37. The van der Waals surface area contributed by atoms with E-state index < -0.39 is 24.4 Å². The summed E-state index contributed by atoms with van der Waals surface area (Å²) in [6, 6.07) is 10.4. The van der Waals surface area contributed by atoms with Crippen molar-refractivity contribution in [1.82, 2.24) is 10.2 Å². The van der Waals surface area contributed by atoms with Gasteiger partial charge in [-0.3, -0.25) is 9.59 Å². The Morgan fingerprint density at radius 2 is 1.94 bits per heavy atom. The van der Waals surface area contributed by atoms with E-state index in [0.29, 0.717) is 22.9 Å². The molecule has 0 radical (unpaired) electrons. The van der Waals surface area contributed by atoms with Crippen molar-refractivity contribution >= 4 is 51.2 Å². The van der Waals surface area contributed by atoms with Crippen LogP contribution in [0.4, 0.5) is 16.2 Å². The van der Waals surface area contributed by atoms with Gasteiger partial charge in [-0.05, 0) is 68.2 Å². The number of anilines is 2. The maximum absolute atomic E-state index is 13.0. The molecule has 0 bridgehead atoms. The molecule has 0 spiro atoms. The molecule has 2 heterocycles.